The fourth-order valence-corrected chi connectivity index (χ4v) is 1.71. The number of nitrogens with zero attached hydrogens (tertiary/aromatic N) is 2. The van der Waals surface area contributed by atoms with Gasteiger partial charge in [0, 0.05) is 31.3 Å². The smallest absolute Gasteiger partial charge is 0.221 e. The molecule has 7 heteroatoms. The molecular weight excluding hydrogens is 359 g/mol. The van der Waals surface area contributed by atoms with Gasteiger partial charge in [0.15, 0.2) is 5.96 Å². The van der Waals surface area contributed by atoms with Crippen LogP contribution in [0.4, 0.5) is 0 Å². The van der Waals surface area contributed by atoms with E-state index in [1.54, 1.807) is 14.2 Å². The minimum atomic E-state index is 0. The van der Waals surface area contributed by atoms with Gasteiger partial charge in [0.05, 0.1) is 14.2 Å². The van der Waals surface area contributed by atoms with Gasteiger partial charge in [-0.25, -0.2) is 0 Å². The van der Waals surface area contributed by atoms with E-state index in [-0.39, 0.29) is 24.0 Å². The van der Waals surface area contributed by atoms with E-state index < -0.39 is 0 Å². The van der Waals surface area contributed by atoms with Crippen LogP contribution >= 0.6 is 24.0 Å². The van der Waals surface area contributed by atoms with Crippen LogP contribution in [0, 0.1) is 0 Å². The molecule has 1 aromatic heterocycles. The Morgan fingerprint density at radius 1 is 1.32 bits per heavy atom. The molecule has 106 valence electrons. The minimum absolute atomic E-state index is 0. The summed E-state index contributed by atoms with van der Waals surface area (Å²) in [6.07, 6.45) is 1.08. The van der Waals surface area contributed by atoms with Gasteiger partial charge in [0.1, 0.15) is 0 Å². The van der Waals surface area contributed by atoms with Crippen LogP contribution in [0.3, 0.4) is 0 Å². The Hall–Kier alpha value is -1.25. The lowest BCUT2D eigenvalue weighted by molar-refractivity contribution is 0.361. The van der Waals surface area contributed by atoms with E-state index in [0.29, 0.717) is 18.3 Å². The monoisotopic (exact) mass is 378 g/mol. The van der Waals surface area contributed by atoms with Crippen LogP contribution in [-0.4, -0.2) is 38.3 Å². The van der Waals surface area contributed by atoms with Gasteiger partial charge in [-0.1, -0.05) is 0 Å². The number of rotatable bonds is 4. The maximum absolute atomic E-state index is 5.24. The molecule has 1 aliphatic heterocycles. The fraction of sp³-hybridized carbons (Fsp3) is 0.500. The van der Waals surface area contributed by atoms with Crippen molar-refractivity contribution in [2.45, 2.75) is 13.0 Å². The highest BCUT2D eigenvalue weighted by Gasteiger charge is 2.08. The normalized spacial score (nSPS) is 13.7. The number of hydrogen-bond donors (Lipinski definition) is 2. The summed E-state index contributed by atoms with van der Waals surface area (Å²) in [5.41, 5.74) is 0.966. The second kappa shape index (κ2) is 8.03. The van der Waals surface area contributed by atoms with Crippen molar-refractivity contribution < 1.29 is 9.47 Å². The Bertz CT molecular complexity index is 440. The molecule has 0 saturated carbocycles. The Morgan fingerprint density at radius 2 is 2.16 bits per heavy atom. The molecule has 0 aromatic carbocycles. The van der Waals surface area contributed by atoms with Crippen molar-refractivity contribution in [1.29, 1.82) is 0 Å². The van der Waals surface area contributed by atoms with E-state index >= 15 is 0 Å². The van der Waals surface area contributed by atoms with Crippen LogP contribution in [0.1, 0.15) is 12.0 Å². The van der Waals surface area contributed by atoms with Gasteiger partial charge in [0.25, 0.3) is 0 Å². The number of methoxy groups -OCH3 is 2. The predicted octanol–water partition coefficient (Wildman–Crippen LogP) is 1.16. The van der Waals surface area contributed by atoms with E-state index in [1.807, 2.05) is 12.1 Å². The van der Waals surface area contributed by atoms with Crippen LogP contribution < -0.4 is 20.1 Å². The summed E-state index contributed by atoms with van der Waals surface area (Å²) in [7, 11) is 3.18. The first-order valence-electron chi connectivity index (χ1n) is 5.93. The number of ether oxygens (including phenoxy) is 2. The molecule has 0 amide bonds. The number of guanidine groups is 1. The van der Waals surface area contributed by atoms with Crippen LogP contribution in [0.2, 0.25) is 0 Å². The molecule has 0 unspecified atom stereocenters. The molecule has 0 aliphatic carbocycles. The predicted molar refractivity (Wildman–Crippen MR) is 84.5 cm³/mol. The third kappa shape index (κ3) is 4.41. The summed E-state index contributed by atoms with van der Waals surface area (Å²) in [5.74, 6) is 1.95. The van der Waals surface area contributed by atoms with Crippen molar-refractivity contribution in [2.24, 2.45) is 4.99 Å². The van der Waals surface area contributed by atoms with Gasteiger partial charge in [-0.2, -0.15) is 4.98 Å². The maximum Gasteiger partial charge on any atom is 0.221 e. The van der Waals surface area contributed by atoms with Crippen LogP contribution in [0.5, 0.6) is 11.8 Å². The number of halogens is 1. The molecular formula is C12H19IN4O2. The number of aromatic nitrogens is 1. The molecule has 2 N–H and O–H groups in total. The number of aliphatic imine (C=N–C) groups is 1. The molecule has 1 aliphatic rings. The van der Waals surface area contributed by atoms with Gasteiger partial charge >= 0.3 is 0 Å². The van der Waals surface area contributed by atoms with Crippen molar-refractivity contribution >= 4 is 29.9 Å². The molecule has 19 heavy (non-hydrogen) atoms. The Labute approximate surface area is 130 Å². The maximum atomic E-state index is 5.24. The molecule has 0 bridgehead atoms. The summed E-state index contributed by atoms with van der Waals surface area (Å²) in [6, 6.07) is 3.75. The van der Waals surface area contributed by atoms with E-state index in [1.165, 1.54) is 0 Å². The first kappa shape index (κ1) is 15.8. The topological polar surface area (TPSA) is 67.8 Å². The number of pyridine rings is 1. The van der Waals surface area contributed by atoms with Crippen LogP contribution in [0.15, 0.2) is 17.1 Å². The second-order valence-electron chi connectivity index (χ2n) is 3.89. The first-order chi connectivity index (χ1) is 8.83. The summed E-state index contributed by atoms with van der Waals surface area (Å²) in [5, 5.41) is 6.43. The van der Waals surface area contributed by atoms with Gasteiger partial charge in [-0.05, 0) is 12.5 Å². The van der Waals surface area contributed by atoms with Gasteiger partial charge in [0.2, 0.25) is 11.8 Å². The Kier molecular flexibility index (Phi) is 6.68. The zero-order valence-electron chi connectivity index (χ0n) is 11.1. The summed E-state index contributed by atoms with van der Waals surface area (Å²) in [4.78, 5) is 8.57. The second-order valence-corrected chi connectivity index (χ2v) is 3.89. The van der Waals surface area contributed by atoms with E-state index in [9.17, 15) is 0 Å². The zero-order valence-corrected chi connectivity index (χ0v) is 13.4. The van der Waals surface area contributed by atoms with E-state index in [4.69, 9.17) is 9.47 Å². The van der Waals surface area contributed by atoms with Crippen molar-refractivity contribution in [3.8, 4) is 11.8 Å². The van der Waals surface area contributed by atoms with Gasteiger partial charge < -0.3 is 20.1 Å². The highest BCUT2D eigenvalue weighted by molar-refractivity contribution is 14.0. The average Bonchev–Trinajstić information content (AvgIpc) is 2.46. The molecule has 6 nitrogen and oxygen atoms in total. The summed E-state index contributed by atoms with van der Waals surface area (Å²) < 4.78 is 10.3. The highest BCUT2D eigenvalue weighted by atomic mass is 127. The third-order valence-electron chi connectivity index (χ3n) is 2.66. The number of nitrogens with one attached hydrogen (secondary N) is 2. The Balaban J connectivity index is 0.00000180. The molecule has 0 radical (unpaired) electrons. The number of hydrogen-bond acceptors (Lipinski definition) is 6. The van der Waals surface area contributed by atoms with Crippen molar-refractivity contribution in [2.75, 3.05) is 27.3 Å². The third-order valence-corrected chi connectivity index (χ3v) is 2.66. The molecule has 0 spiro atoms. The molecule has 2 rings (SSSR count). The SMILES string of the molecule is COc1ccc(CNC2=NCCCN2)c(OC)n1.I. The average molecular weight is 378 g/mol. The largest absolute Gasteiger partial charge is 0.481 e. The summed E-state index contributed by atoms with van der Waals surface area (Å²) in [6.45, 7) is 2.45. The van der Waals surface area contributed by atoms with Crippen molar-refractivity contribution in [1.82, 2.24) is 15.6 Å². The standard InChI is InChI=1S/C12H18N4O2.HI/c1-17-10-5-4-9(11(16-10)18-2)8-15-12-13-6-3-7-14-12;/h4-5H,3,6-8H2,1-2H3,(H2,13,14,15);1H. The summed E-state index contributed by atoms with van der Waals surface area (Å²) >= 11 is 0. The van der Waals surface area contributed by atoms with Gasteiger partial charge in [-0.15, -0.1) is 24.0 Å². The quantitative estimate of drug-likeness (QED) is 0.770. The first-order valence-corrected chi connectivity index (χ1v) is 5.93. The van der Waals surface area contributed by atoms with Crippen LogP contribution in [0.25, 0.3) is 0 Å². The lowest BCUT2D eigenvalue weighted by atomic mass is 10.2. The van der Waals surface area contributed by atoms with Crippen molar-refractivity contribution in [3.05, 3.63) is 17.7 Å². The van der Waals surface area contributed by atoms with E-state index in [2.05, 4.69) is 20.6 Å². The van der Waals surface area contributed by atoms with Crippen LogP contribution in [-0.2, 0) is 6.54 Å². The minimum Gasteiger partial charge on any atom is -0.481 e. The molecule has 0 fully saturated rings. The van der Waals surface area contributed by atoms with Crippen molar-refractivity contribution in [3.63, 3.8) is 0 Å². The Morgan fingerprint density at radius 3 is 2.79 bits per heavy atom. The molecule has 1 aromatic rings. The fourth-order valence-electron chi connectivity index (χ4n) is 1.71. The zero-order chi connectivity index (χ0) is 12.8. The van der Waals surface area contributed by atoms with Gasteiger partial charge in [-0.3, -0.25) is 4.99 Å². The molecule has 2 heterocycles. The molecule has 0 atom stereocenters. The highest BCUT2D eigenvalue weighted by Crippen LogP contribution is 2.19. The lowest BCUT2D eigenvalue weighted by Gasteiger charge is -2.16. The lowest BCUT2D eigenvalue weighted by Crippen LogP contribution is -2.40. The van der Waals surface area contributed by atoms with E-state index in [0.717, 1.165) is 31.0 Å². The molecule has 0 saturated heterocycles.